The molecule has 0 bridgehead atoms. The predicted octanol–water partition coefficient (Wildman–Crippen LogP) is 5.36. The maximum atomic E-state index is 13.1. The Labute approximate surface area is 192 Å². The van der Waals surface area contributed by atoms with Gasteiger partial charge < -0.3 is 11.1 Å². The minimum Gasteiger partial charge on any atom is -0.372 e. The average molecular weight is 464 g/mol. The summed E-state index contributed by atoms with van der Waals surface area (Å²) in [6.45, 7) is 0. The second-order valence-electron chi connectivity index (χ2n) is 6.83. The lowest BCUT2D eigenvalue weighted by Gasteiger charge is -2.08. The summed E-state index contributed by atoms with van der Waals surface area (Å²) in [5, 5.41) is 3.90. The standard InChI is InChI=1S/C23H15FN2OS2.CH3NO/c24-16-8-6-15(7-9-16)23-25-13-17(28-23)11-14-5-10-21-19(12-14)26-22(27)18-3-1-2-4-20(18)29-21;2-1-3/h1-10,12-13H,11H2,(H,26,27);1H,(H2,2,3). The van der Waals surface area contributed by atoms with Gasteiger partial charge in [0.15, 0.2) is 0 Å². The molecule has 5 rings (SSSR count). The molecule has 5 nitrogen and oxygen atoms in total. The number of hydrogen-bond acceptors (Lipinski definition) is 5. The molecule has 1 aromatic heterocycles. The summed E-state index contributed by atoms with van der Waals surface area (Å²) >= 11 is 3.19. The lowest BCUT2D eigenvalue weighted by molar-refractivity contribution is -0.106. The van der Waals surface area contributed by atoms with Gasteiger partial charge >= 0.3 is 0 Å². The number of thiazole rings is 1. The fourth-order valence-corrected chi connectivity index (χ4v) is 5.20. The van der Waals surface area contributed by atoms with Gasteiger partial charge in [-0.15, -0.1) is 11.3 Å². The molecule has 160 valence electrons. The minimum absolute atomic E-state index is 0.0830. The van der Waals surface area contributed by atoms with Crippen molar-refractivity contribution in [2.45, 2.75) is 16.2 Å². The number of carbonyl (C=O) groups is 2. The van der Waals surface area contributed by atoms with Crippen LogP contribution < -0.4 is 11.1 Å². The van der Waals surface area contributed by atoms with E-state index in [1.165, 1.54) is 12.1 Å². The first-order valence-electron chi connectivity index (χ1n) is 9.64. The van der Waals surface area contributed by atoms with Crippen molar-refractivity contribution >= 4 is 41.1 Å². The number of nitrogens with zero attached hydrogens (tertiary/aromatic N) is 1. The molecule has 0 saturated carbocycles. The Hall–Kier alpha value is -3.49. The number of carbonyl (C=O) groups excluding carboxylic acids is 2. The van der Waals surface area contributed by atoms with Gasteiger partial charge in [-0.1, -0.05) is 30.0 Å². The topological polar surface area (TPSA) is 85.1 Å². The van der Waals surface area contributed by atoms with Gasteiger partial charge in [-0.25, -0.2) is 9.37 Å². The summed E-state index contributed by atoms with van der Waals surface area (Å²) in [4.78, 5) is 28.7. The summed E-state index contributed by atoms with van der Waals surface area (Å²) < 4.78 is 13.1. The zero-order valence-corrected chi connectivity index (χ0v) is 18.4. The first-order chi connectivity index (χ1) is 15.6. The Balaban J connectivity index is 0.000000775. The van der Waals surface area contributed by atoms with Crippen LogP contribution in [0.4, 0.5) is 10.1 Å². The highest BCUT2D eigenvalue weighted by atomic mass is 32.2. The summed E-state index contributed by atoms with van der Waals surface area (Å²) in [5.41, 5.74) is 7.70. The highest BCUT2D eigenvalue weighted by Gasteiger charge is 2.19. The fraction of sp³-hybridized carbons (Fsp3) is 0.0417. The number of aromatic nitrogens is 1. The Morgan fingerprint density at radius 3 is 2.56 bits per heavy atom. The van der Waals surface area contributed by atoms with E-state index in [2.05, 4.69) is 28.2 Å². The molecule has 2 heterocycles. The molecule has 3 aromatic carbocycles. The third-order valence-corrected chi connectivity index (χ3v) is 6.87. The van der Waals surface area contributed by atoms with Crippen LogP contribution in [0.25, 0.3) is 10.6 Å². The van der Waals surface area contributed by atoms with Gasteiger partial charge in [0.25, 0.3) is 5.91 Å². The summed E-state index contributed by atoms with van der Waals surface area (Å²) in [5.74, 6) is -0.335. The van der Waals surface area contributed by atoms with E-state index in [0.717, 1.165) is 42.9 Å². The lowest BCUT2D eigenvalue weighted by Crippen LogP contribution is -2.11. The van der Waals surface area contributed by atoms with E-state index in [-0.39, 0.29) is 18.1 Å². The van der Waals surface area contributed by atoms with Crippen LogP contribution in [0.1, 0.15) is 20.8 Å². The van der Waals surface area contributed by atoms with E-state index in [4.69, 9.17) is 4.79 Å². The molecule has 0 aliphatic carbocycles. The van der Waals surface area contributed by atoms with Crippen molar-refractivity contribution in [1.82, 2.24) is 4.98 Å². The first-order valence-corrected chi connectivity index (χ1v) is 11.3. The number of amides is 2. The van der Waals surface area contributed by atoms with E-state index in [0.29, 0.717) is 5.56 Å². The minimum atomic E-state index is -0.252. The molecule has 1 aliphatic rings. The monoisotopic (exact) mass is 463 g/mol. The molecule has 0 radical (unpaired) electrons. The van der Waals surface area contributed by atoms with Crippen molar-refractivity contribution in [3.63, 3.8) is 0 Å². The maximum absolute atomic E-state index is 13.1. The molecular formula is C24H18FN3O2S2. The van der Waals surface area contributed by atoms with Crippen LogP contribution in [0.3, 0.4) is 0 Å². The highest BCUT2D eigenvalue weighted by molar-refractivity contribution is 7.99. The van der Waals surface area contributed by atoms with E-state index in [9.17, 15) is 9.18 Å². The van der Waals surface area contributed by atoms with Crippen molar-refractivity contribution in [3.05, 3.63) is 94.7 Å². The van der Waals surface area contributed by atoms with Crippen molar-refractivity contribution in [1.29, 1.82) is 0 Å². The predicted molar refractivity (Wildman–Crippen MR) is 126 cm³/mol. The quantitative estimate of drug-likeness (QED) is 0.401. The van der Waals surface area contributed by atoms with E-state index in [1.54, 1.807) is 35.2 Å². The second-order valence-corrected chi connectivity index (χ2v) is 9.03. The van der Waals surface area contributed by atoms with Crippen molar-refractivity contribution in [3.8, 4) is 10.6 Å². The number of rotatable bonds is 3. The van der Waals surface area contributed by atoms with Crippen molar-refractivity contribution in [2.24, 2.45) is 5.73 Å². The van der Waals surface area contributed by atoms with Crippen molar-refractivity contribution < 1.29 is 14.0 Å². The fourth-order valence-electron chi connectivity index (χ4n) is 3.24. The second kappa shape index (κ2) is 9.76. The van der Waals surface area contributed by atoms with Gasteiger partial charge in [0, 0.05) is 32.8 Å². The van der Waals surface area contributed by atoms with Crippen LogP contribution in [-0.2, 0) is 11.2 Å². The highest BCUT2D eigenvalue weighted by Crippen LogP contribution is 2.39. The molecular weight excluding hydrogens is 445 g/mol. The van der Waals surface area contributed by atoms with E-state index in [1.807, 2.05) is 36.5 Å². The first kappa shape index (κ1) is 21.7. The third kappa shape index (κ3) is 4.87. The number of anilines is 1. The van der Waals surface area contributed by atoms with Gasteiger partial charge in [-0.05, 0) is 54.1 Å². The number of primary amides is 1. The molecule has 0 unspecified atom stereocenters. The molecule has 0 fully saturated rings. The zero-order valence-electron chi connectivity index (χ0n) is 16.7. The third-order valence-electron chi connectivity index (χ3n) is 4.67. The van der Waals surface area contributed by atoms with Crippen molar-refractivity contribution in [2.75, 3.05) is 5.32 Å². The molecule has 0 spiro atoms. The zero-order chi connectivity index (χ0) is 22.5. The van der Waals surface area contributed by atoms with Gasteiger partial charge in [0.1, 0.15) is 10.8 Å². The average Bonchev–Trinajstić information content (AvgIpc) is 3.19. The maximum Gasteiger partial charge on any atom is 0.256 e. The molecule has 3 N–H and O–H groups in total. The number of fused-ring (bicyclic) bond motifs is 2. The molecule has 32 heavy (non-hydrogen) atoms. The Morgan fingerprint density at radius 1 is 1.03 bits per heavy atom. The van der Waals surface area contributed by atoms with Gasteiger partial charge in [0.2, 0.25) is 6.41 Å². The summed E-state index contributed by atoms with van der Waals surface area (Å²) in [7, 11) is 0. The normalized spacial score (nSPS) is 11.8. The number of halogens is 1. The molecule has 2 amide bonds. The van der Waals surface area contributed by atoms with Crippen LogP contribution in [0.2, 0.25) is 0 Å². The summed E-state index contributed by atoms with van der Waals surface area (Å²) in [6, 6.07) is 20.2. The van der Waals surface area contributed by atoms with Gasteiger partial charge in [-0.3, -0.25) is 9.59 Å². The van der Waals surface area contributed by atoms with E-state index >= 15 is 0 Å². The van der Waals surface area contributed by atoms with E-state index < -0.39 is 0 Å². The largest absolute Gasteiger partial charge is 0.372 e. The van der Waals surface area contributed by atoms with Gasteiger partial charge in [-0.2, -0.15) is 0 Å². The number of nitrogens with one attached hydrogen (secondary N) is 1. The van der Waals surface area contributed by atoms with Crippen LogP contribution in [0.15, 0.2) is 82.7 Å². The van der Waals surface area contributed by atoms with Crippen LogP contribution in [0, 0.1) is 5.82 Å². The Kier molecular flexibility index (Phi) is 6.63. The number of nitrogens with two attached hydrogens (primary N) is 1. The smallest absolute Gasteiger partial charge is 0.256 e. The molecule has 0 saturated heterocycles. The van der Waals surface area contributed by atoms with Crippen LogP contribution in [-0.4, -0.2) is 17.3 Å². The van der Waals surface area contributed by atoms with Crippen LogP contribution >= 0.6 is 23.1 Å². The summed E-state index contributed by atoms with van der Waals surface area (Å²) in [6.07, 6.45) is 2.83. The van der Waals surface area contributed by atoms with Crippen LogP contribution in [0.5, 0.6) is 0 Å². The molecule has 4 aromatic rings. The Bertz CT molecular complexity index is 1270. The lowest BCUT2D eigenvalue weighted by atomic mass is 10.1. The van der Waals surface area contributed by atoms with Gasteiger partial charge in [0.05, 0.1) is 11.3 Å². The number of hydrogen-bond donors (Lipinski definition) is 2. The Morgan fingerprint density at radius 2 is 1.78 bits per heavy atom. The SMILES string of the molecule is NC=O.O=C1Nc2cc(Cc3cnc(-c4ccc(F)cc4)s3)ccc2Sc2ccccc21. The molecule has 1 aliphatic heterocycles. The number of benzene rings is 3. The molecule has 0 atom stereocenters. The molecule has 8 heteroatoms.